The van der Waals surface area contributed by atoms with Gasteiger partial charge in [-0.25, -0.2) is 4.39 Å². The van der Waals surface area contributed by atoms with Crippen LogP contribution in [0, 0.1) is 11.7 Å². The van der Waals surface area contributed by atoms with E-state index in [1.807, 2.05) is 11.4 Å². The summed E-state index contributed by atoms with van der Waals surface area (Å²) in [7, 11) is 0. The van der Waals surface area contributed by atoms with E-state index in [9.17, 15) is 9.50 Å². The average molecular weight is 351 g/mol. The van der Waals surface area contributed by atoms with Gasteiger partial charge in [-0.1, -0.05) is 32.0 Å². The zero-order valence-corrected chi connectivity index (χ0v) is 15.1. The van der Waals surface area contributed by atoms with Crippen molar-refractivity contribution in [3.63, 3.8) is 0 Å². The van der Waals surface area contributed by atoms with Gasteiger partial charge in [-0.05, 0) is 35.1 Å². The van der Waals surface area contributed by atoms with E-state index in [-0.39, 0.29) is 5.82 Å². The molecule has 1 heterocycles. The molecule has 1 aromatic carbocycles. The van der Waals surface area contributed by atoms with E-state index in [0.29, 0.717) is 32.2 Å². The Morgan fingerprint density at radius 1 is 1.12 bits per heavy atom. The van der Waals surface area contributed by atoms with Gasteiger partial charge in [0.2, 0.25) is 0 Å². The molecule has 2 aromatic rings. The van der Waals surface area contributed by atoms with E-state index in [1.54, 1.807) is 23.5 Å². The van der Waals surface area contributed by atoms with E-state index < -0.39 is 6.10 Å². The van der Waals surface area contributed by atoms with Crippen molar-refractivity contribution in [3.05, 3.63) is 58.0 Å². The summed E-state index contributed by atoms with van der Waals surface area (Å²) < 4.78 is 18.6. The standard InChI is InChI=1S/C19H26FNO2S/c1-15(2)13-23-14-18(22)11-21(12-19-4-3-9-24-19)10-16-5-7-17(20)8-6-16/h3-9,15,18,22H,10-14H2,1-2H3/t18-/m0/s1. The largest absolute Gasteiger partial charge is 0.389 e. The second-order valence-electron chi connectivity index (χ2n) is 6.46. The number of thiophene rings is 1. The maximum absolute atomic E-state index is 13.1. The highest BCUT2D eigenvalue weighted by atomic mass is 32.1. The number of ether oxygens (including phenoxy) is 1. The smallest absolute Gasteiger partial charge is 0.123 e. The van der Waals surface area contributed by atoms with Crippen LogP contribution in [0.4, 0.5) is 4.39 Å². The second-order valence-corrected chi connectivity index (χ2v) is 7.49. The molecule has 0 aliphatic rings. The predicted molar refractivity (Wildman–Crippen MR) is 96.5 cm³/mol. The number of hydrogen-bond acceptors (Lipinski definition) is 4. The van der Waals surface area contributed by atoms with Crippen molar-refractivity contribution in [1.29, 1.82) is 0 Å². The highest BCUT2D eigenvalue weighted by Crippen LogP contribution is 2.15. The summed E-state index contributed by atoms with van der Waals surface area (Å²) in [6, 6.07) is 10.6. The van der Waals surface area contributed by atoms with Crippen molar-refractivity contribution >= 4 is 11.3 Å². The van der Waals surface area contributed by atoms with Crippen LogP contribution in [0.3, 0.4) is 0 Å². The van der Waals surface area contributed by atoms with E-state index >= 15 is 0 Å². The maximum Gasteiger partial charge on any atom is 0.123 e. The molecule has 0 amide bonds. The first-order valence-corrected chi connectivity index (χ1v) is 9.16. The van der Waals surface area contributed by atoms with Crippen LogP contribution in [0.1, 0.15) is 24.3 Å². The van der Waals surface area contributed by atoms with Gasteiger partial charge in [-0.15, -0.1) is 11.3 Å². The van der Waals surface area contributed by atoms with Gasteiger partial charge in [0.05, 0.1) is 12.7 Å². The van der Waals surface area contributed by atoms with E-state index in [4.69, 9.17) is 4.74 Å². The first kappa shape index (κ1) is 19.1. The molecule has 0 saturated carbocycles. The minimum absolute atomic E-state index is 0.231. The molecule has 0 bridgehead atoms. The van der Waals surface area contributed by atoms with Crippen molar-refractivity contribution in [1.82, 2.24) is 4.90 Å². The third-order valence-electron chi connectivity index (χ3n) is 3.51. The third kappa shape index (κ3) is 7.09. The van der Waals surface area contributed by atoms with Crippen LogP contribution in [-0.4, -0.2) is 35.9 Å². The molecule has 24 heavy (non-hydrogen) atoms. The Bertz CT molecular complexity index is 572. The molecule has 2 rings (SSSR count). The number of aliphatic hydroxyl groups is 1. The van der Waals surface area contributed by atoms with Crippen molar-refractivity contribution in [2.24, 2.45) is 5.92 Å². The Hall–Kier alpha value is -1.27. The molecular weight excluding hydrogens is 325 g/mol. The van der Waals surface area contributed by atoms with E-state index in [0.717, 1.165) is 12.1 Å². The van der Waals surface area contributed by atoms with Crippen molar-refractivity contribution < 1.29 is 14.2 Å². The van der Waals surface area contributed by atoms with Gasteiger partial charge >= 0.3 is 0 Å². The summed E-state index contributed by atoms with van der Waals surface area (Å²) in [6.45, 7) is 7.11. The minimum atomic E-state index is -0.538. The normalized spacial score (nSPS) is 12.9. The summed E-state index contributed by atoms with van der Waals surface area (Å²) in [6.07, 6.45) is -0.538. The summed E-state index contributed by atoms with van der Waals surface area (Å²) in [4.78, 5) is 3.41. The van der Waals surface area contributed by atoms with Gasteiger partial charge in [0, 0.05) is 31.1 Å². The van der Waals surface area contributed by atoms with Crippen LogP contribution >= 0.6 is 11.3 Å². The molecule has 0 aliphatic carbocycles. The van der Waals surface area contributed by atoms with Crippen molar-refractivity contribution in [2.75, 3.05) is 19.8 Å². The minimum Gasteiger partial charge on any atom is -0.389 e. The van der Waals surface area contributed by atoms with Crippen LogP contribution < -0.4 is 0 Å². The summed E-state index contributed by atoms with van der Waals surface area (Å²) in [5.41, 5.74) is 1.03. The topological polar surface area (TPSA) is 32.7 Å². The zero-order chi connectivity index (χ0) is 17.4. The van der Waals surface area contributed by atoms with Gasteiger partial charge in [-0.3, -0.25) is 4.90 Å². The molecule has 1 aromatic heterocycles. The first-order valence-electron chi connectivity index (χ1n) is 8.28. The number of hydrogen-bond donors (Lipinski definition) is 1. The number of benzene rings is 1. The predicted octanol–water partition coefficient (Wildman–Crippen LogP) is 3.92. The number of aliphatic hydroxyl groups excluding tert-OH is 1. The highest BCUT2D eigenvalue weighted by molar-refractivity contribution is 7.09. The lowest BCUT2D eigenvalue weighted by Gasteiger charge is -2.25. The van der Waals surface area contributed by atoms with Crippen LogP contribution in [0.2, 0.25) is 0 Å². The fraction of sp³-hybridized carbons (Fsp3) is 0.474. The fourth-order valence-electron chi connectivity index (χ4n) is 2.45. The Morgan fingerprint density at radius 3 is 2.50 bits per heavy atom. The quantitative estimate of drug-likeness (QED) is 0.704. The monoisotopic (exact) mass is 351 g/mol. The SMILES string of the molecule is CC(C)COC[C@@H](O)CN(Cc1ccc(F)cc1)Cc1cccs1. The first-order chi connectivity index (χ1) is 11.5. The molecule has 0 spiro atoms. The van der Waals surface area contributed by atoms with Crippen LogP contribution in [0.15, 0.2) is 41.8 Å². The second kappa shape index (κ2) is 9.89. The van der Waals surface area contributed by atoms with Gasteiger partial charge in [0.15, 0.2) is 0 Å². The Labute approximate surface area is 147 Å². The molecule has 0 saturated heterocycles. The van der Waals surface area contributed by atoms with Crippen LogP contribution in [0.25, 0.3) is 0 Å². The fourth-order valence-corrected chi connectivity index (χ4v) is 3.19. The average Bonchev–Trinajstić information content (AvgIpc) is 3.02. The number of halogens is 1. The Kier molecular flexibility index (Phi) is 7.85. The number of nitrogens with zero attached hydrogens (tertiary/aromatic N) is 1. The molecule has 3 nitrogen and oxygen atoms in total. The lowest BCUT2D eigenvalue weighted by Crippen LogP contribution is -2.34. The van der Waals surface area contributed by atoms with Gasteiger partial charge < -0.3 is 9.84 Å². The lowest BCUT2D eigenvalue weighted by molar-refractivity contribution is 0.00569. The van der Waals surface area contributed by atoms with Gasteiger partial charge in [0.25, 0.3) is 0 Å². The van der Waals surface area contributed by atoms with Crippen LogP contribution in [0.5, 0.6) is 0 Å². The molecule has 132 valence electrons. The third-order valence-corrected chi connectivity index (χ3v) is 4.37. The molecule has 0 aliphatic heterocycles. The van der Waals surface area contributed by atoms with Crippen molar-refractivity contribution in [3.8, 4) is 0 Å². The molecule has 5 heteroatoms. The van der Waals surface area contributed by atoms with E-state index in [1.165, 1.54) is 17.0 Å². The zero-order valence-electron chi connectivity index (χ0n) is 14.3. The molecule has 0 unspecified atom stereocenters. The summed E-state index contributed by atoms with van der Waals surface area (Å²) in [5, 5.41) is 12.3. The molecule has 1 N–H and O–H groups in total. The molecular formula is C19H26FNO2S. The summed E-state index contributed by atoms with van der Waals surface area (Å²) in [5.74, 6) is 0.226. The van der Waals surface area contributed by atoms with Gasteiger partial charge in [-0.2, -0.15) is 0 Å². The molecule has 0 radical (unpaired) electrons. The van der Waals surface area contributed by atoms with Crippen LogP contribution in [-0.2, 0) is 17.8 Å². The number of rotatable bonds is 10. The Balaban J connectivity index is 1.93. The molecule has 0 fully saturated rings. The summed E-state index contributed by atoms with van der Waals surface area (Å²) >= 11 is 1.70. The lowest BCUT2D eigenvalue weighted by atomic mass is 10.2. The maximum atomic E-state index is 13.1. The van der Waals surface area contributed by atoms with Gasteiger partial charge in [0.1, 0.15) is 5.82 Å². The highest BCUT2D eigenvalue weighted by Gasteiger charge is 2.14. The Morgan fingerprint density at radius 2 is 1.88 bits per heavy atom. The van der Waals surface area contributed by atoms with E-state index in [2.05, 4.69) is 24.8 Å². The molecule has 1 atom stereocenters. The van der Waals surface area contributed by atoms with Crippen molar-refractivity contribution in [2.45, 2.75) is 33.0 Å².